The zero-order valence-corrected chi connectivity index (χ0v) is 14.7. The fourth-order valence-electron chi connectivity index (χ4n) is 1.94. The van der Waals surface area contributed by atoms with E-state index in [4.69, 9.17) is 4.74 Å². The van der Waals surface area contributed by atoms with E-state index in [0.29, 0.717) is 13.0 Å². The van der Waals surface area contributed by atoms with Crippen molar-refractivity contribution in [3.05, 3.63) is 11.6 Å². The predicted molar refractivity (Wildman–Crippen MR) is 86.2 cm³/mol. The average molecular weight is 318 g/mol. The maximum Gasteiger partial charge on any atom is 0.375 e. The summed E-state index contributed by atoms with van der Waals surface area (Å²) in [6.07, 6.45) is 3.35. The number of rotatable bonds is 11. The van der Waals surface area contributed by atoms with E-state index in [2.05, 4.69) is 4.90 Å². The van der Waals surface area contributed by atoms with Crippen LogP contribution in [0.4, 0.5) is 0 Å². The summed E-state index contributed by atoms with van der Waals surface area (Å²) in [4.78, 5) is 13.3. The van der Waals surface area contributed by atoms with Gasteiger partial charge in [0.25, 0.3) is 5.85 Å². The van der Waals surface area contributed by atoms with Crippen molar-refractivity contribution < 1.29 is 19.2 Å². The van der Waals surface area contributed by atoms with Crippen molar-refractivity contribution in [2.24, 2.45) is 5.92 Å². The Labute approximate surface area is 129 Å². The molecular weight excluding hydrogens is 289 g/mol. The first kappa shape index (κ1) is 20.2. The van der Waals surface area contributed by atoms with E-state index in [9.17, 15) is 14.5 Å². The van der Waals surface area contributed by atoms with Gasteiger partial charge in [0.05, 0.1) is 5.57 Å². The van der Waals surface area contributed by atoms with Crippen molar-refractivity contribution in [2.45, 2.75) is 39.5 Å². The molecule has 6 heteroatoms. The fourth-order valence-corrected chi connectivity index (χ4v) is 3.70. The van der Waals surface area contributed by atoms with Gasteiger partial charge in [-0.15, -0.1) is 0 Å². The number of allylic oxidation sites excluding steroid dienone is 1. The number of carboxylic acid groups (broad SMARTS) is 1. The van der Waals surface area contributed by atoms with Gasteiger partial charge in [0, 0.05) is 12.5 Å². The summed E-state index contributed by atoms with van der Waals surface area (Å²) in [5.74, 6) is -1.26. The van der Waals surface area contributed by atoms with Crippen molar-refractivity contribution in [1.82, 2.24) is 4.90 Å². The quantitative estimate of drug-likeness (QED) is 0.360. The Kier molecular flexibility index (Phi) is 10.5. The van der Waals surface area contributed by atoms with Crippen molar-refractivity contribution in [2.75, 3.05) is 33.4 Å². The number of carboxylic acids is 1. The second-order valence-electron chi connectivity index (χ2n) is 5.65. The third-order valence-corrected chi connectivity index (χ3v) is 4.96. The van der Waals surface area contributed by atoms with E-state index < -0.39 is 13.8 Å². The highest BCUT2D eigenvalue weighted by Crippen LogP contribution is 2.36. The summed E-state index contributed by atoms with van der Waals surface area (Å²) in [5.41, 5.74) is 0.236. The van der Waals surface area contributed by atoms with Crippen LogP contribution in [0.3, 0.4) is 0 Å². The Hall–Kier alpha value is -0.770. The lowest BCUT2D eigenvalue weighted by molar-refractivity contribution is -0.132. The molecule has 0 rings (SSSR count). The van der Waals surface area contributed by atoms with Gasteiger partial charge in [-0.25, -0.2) is 4.79 Å². The molecule has 2 atom stereocenters. The highest BCUT2D eigenvalue weighted by atomic mass is 31.1. The van der Waals surface area contributed by atoms with Gasteiger partial charge in [-0.1, -0.05) is 24.5 Å². The first-order valence-corrected chi connectivity index (χ1v) is 8.93. The minimum Gasteiger partial charge on any atom is -0.478 e. The number of hydrogen-bond donors (Lipinski definition) is 1. The van der Waals surface area contributed by atoms with E-state index in [0.717, 1.165) is 13.0 Å². The largest absolute Gasteiger partial charge is 0.478 e. The molecule has 0 bridgehead atoms. The van der Waals surface area contributed by atoms with Crippen molar-refractivity contribution in [3.63, 3.8) is 0 Å². The van der Waals surface area contributed by atoms with Gasteiger partial charge in [-0.05, 0) is 40.4 Å². The number of ether oxygens (including phenoxy) is 1. The molecule has 2 unspecified atom stereocenters. The van der Waals surface area contributed by atoms with Crippen LogP contribution >= 0.6 is 7.80 Å². The Bertz CT molecular complexity index is 367. The van der Waals surface area contributed by atoms with E-state index in [1.54, 1.807) is 6.08 Å². The minimum absolute atomic E-state index is 0.0788. The third-order valence-electron chi connectivity index (χ3n) is 2.99. The lowest BCUT2D eigenvalue weighted by atomic mass is 10.2. The summed E-state index contributed by atoms with van der Waals surface area (Å²) in [7, 11) is 2.23. The maximum atomic E-state index is 12.3. The summed E-state index contributed by atoms with van der Waals surface area (Å²) in [5, 5.41) is 9.23. The molecule has 5 nitrogen and oxygen atoms in total. The molecule has 0 amide bonds. The van der Waals surface area contributed by atoms with E-state index >= 15 is 0 Å². The smallest absolute Gasteiger partial charge is 0.375 e. The second kappa shape index (κ2) is 10.9. The average Bonchev–Trinajstić information content (AvgIpc) is 2.38. The lowest BCUT2D eigenvalue weighted by Crippen LogP contribution is -2.18. The number of unbranched alkanes of at least 4 members (excludes halogenated alkanes) is 1. The summed E-state index contributed by atoms with van der Waals surface area (Å²) in [6, 6.07) is 0. The Morgan fingerprint density at radius 2 is 2.00 bits per heavy atom. The zero-order valence-electron chi connectivity index (χ0n) is 13.8. The standard InChI is InChI=1S/C15H28NO4P/c1-6-20-15(12(2)3)21(19)11-13(14(17)18)9-7-8-10-16(4)5/h9,12,15H,6-8,10-11H2,1-5H3/p+1/b13-9+. The highest BCUT2D eigenvalue weighted by molar-refractivity contribution is 7.45. The number of hydrogen-bond acceptors (Lipinski definition) is 4. The Morgan fingerprint density at radius 1 is 1.38 bits per heavy atom. The summed E-state index contributed by atoms with van der Waals surface area (Å²) < 4.78 is 17.8. The number of nitrogens with zero attached hydrogens (tertiary/aromatic N) is 1. The lowest BCUT2D eigenvalue weighted by Gasteiger charge is -2.11. The molecule has 1 N–H and O–H groups in total. The van der Waals surface area contributed by atoms with Crippen LogP contribution < -0.4 is 0 Å². The van der Waals surface area contributed by atoms with Crippen molar-refractivity contribution >= 4 is 13.8 Å². The van der Waals surface area contributed by atoms with Crippen LogP contribution in [0.1, 0.15) is 33.6 Å². The van der Waals surface area contributed by atoms with Crippen molar-refractivity contribution in [3.8, 4) is 0 Å². The Balaban J connectivity index is 4.64. The van der Waals surface area contributed by atoms with Crippen molar-refractivity contribution in [1.29, 1.82) is 0 Å². The SMILES string of the molecule is CCOC(C(C)C)[P+](=O)C/C(=C\CCCN(C)C)C(=O)O. The molecule has 0 fully saturated rings. The van der Waals surface area contributed by atoms with Crippen LogP contribution in [0.2, 0.25) is 0 Å². The van der Waals surface area contributed by atoms with Crippen LogP contribution in [0, 0.1) is 5.92 Å². The molecule has 0 aliphatic carbocycles. The topological polar surface area (TPSA) is 66.8 Å². The molecule has 0 saturated heterocycles. The molecule has 0 aromatic rings. The highest BCUT2D eigenvalue weighted by Gasteiger charge is 2.35. The van der Waals surface area contributed by atoms with Crippen LogP contribution in [0.25, 0.3) is 0 Å². The van der Waals surface area contributed by atoms with Gasteiger partial charge >= 0.3 is 13.8 Å². The molecule has 122 valence electrons. The van der Waals surface area contributed by atoms with Crippen LogP contribution in [-0.4, -0.2) is 55.2 Å². The first-order chi connectivity index (χ1) is 9.79. The minimum atomic E-state index is -1.73. The molecule has 0 aliphatic heterocycles. The van der Waals surface area contributed by atoms with Gasteiger partial charge in [-0.3, -0.25) is 0 Å². The van der Waals surface area contributed by atoms with Crippen LogP contribution in [0.15, 0.2) is 11.6 Å². The monoisotopic (exact) mass is 318 g/mol. The molecule has 0 aliphatic rings. The van der Waals surface area contributed by atoms with Gasteiger partial charge in [0.1, 0.15) is 0 Å². The van der Waals surface area contributed by atoms with Gasteiger partial charge in [0.2, 0.25) is 0 Å². The molecule has 0 aromatic heterocycles. The molecule has 0 radical (unpaired) electrons. The molecule has 0 aromatic carbocycles. The molecule has 21 heavy (non-hydrogen) atoms. The van der Waals surface area contributed by atoms with Gasteiger partial charge < -0.3 is 14.7 Å². The first-order valence-electron chi connectivity index (χ1n) is 7.42. The van der Waals surface area contributed by atoms with Gasteiger partial charge in [-0.2, -0.15) is 0 Å². The van der Waals surface area contributed by atoms with Crippen LogP contribution in [0.5, 0.6) is 0 Å². The molecule has 0 spiro atoms. The predicted octanol–water partition coefficient (Wildman–Crippen LogP) is 3.19. The third kappa shape index (κ3) is 8.97. The van der Waals surface area contributed by atoms with Gasteiger partial charge in [0.15, 0.2) is 6.16 Å². The van der Waals surface area contributed by atoms with E-state index in [1.807, 2.05) is 34.9 Å². The fraction of sp³-hybridized carbons (Fsp3) is 0.800. The summed E-state index contributed by atoms with van der Waals surface area (Å²) in [6.45, 7) is 7.12. The Morgan fingerprint density at radius 3 is 2.43 bits per heavy atom. The number of carbonyl (C=O) groups is 1. The van der Waals surface area contributed by atoms with E-state index in [-0.39, 0.29) is 23.5 Å². The zero-order chi connectivity index (χ0) is 16.4. The van der Waals surface area contributed by atoms with Crippen LogP contribution in [-0.2, 0) is 14.1 Å². The summed E-state index contributed by atoms with van der Waals surface area (Å²) >= 11 is 0. The van der Waals surface area contributed by atoms with E-state index in [1.165, 1.54) is 0 Å². The molecular formula is C15H29NO4P+. The normalized spacial score (nSPS) is 14.6. The number of aliphatic carboxylic acids is 1. The second-order valence-corrected chi connectivity index (χ2v) is 7.30. The maximum absolute atomic E-state index is 12.3. The molecule has 0 saturated carbocycles. The molecule has 0 heterocycles.